The number of nitrogens with zero attached hydrogens (tertiary/aromatic N) is 2. The molecule has 3 rings (SSSR count). The van der Waals surface area contributed by atoms with Crippen LogP contribution >= 0.6 is 11.8 Å². The summed E-state index contributed by atoms with van der Waals surface area (Å²) in [6.45, 7) is 0.546. The molecule has 0 aliphatic rings. The van der Waals surface area contributed by atoms with Gasteiger partial charge in [-0.2, -0.15) is 11.8 Å². The molecule has 130 valence electrons. The van der Waals surface area contributed by atoms with Crippen molar-refractivity contribution in [1.29, 1.82) is 0 Å². The molecule has 0 spiro atoms. The number of benzene rings is 2. The van der Waals surface area contributed by atoms with Crippen molar-refractivity contribution in [2.24, 2.45) is 5.73 Å². The number of carboxylic acid groups (broad SMARTS) is 1. The molecule has 3 aromatic rings. The Balaban J connectivity index is 2.01. The third-order valence-electron chi connectivity index (χ3n) is 4.16. The minimum Gasteiger partial charge on any atom is -0.478 e. The number of carbonyl (C=O) groups is 1. The van der Waals surface area contributed by atoms with Crippen LogP contribution in [0.15, 0.2) is 48.5 Å². The van der Waals surface area contributed by atoms with Crippen LogP contribution < -0.4 is 5.73 Å². The Kier molecular flexibility index (Phi) is 5.40. The molecule has 1 unspecified atom stereocenters. The van der Waals surface area contributed by atoms with Crippen molar-refractivity contribution in [3.05, 3.63) is 65.5 Å². The van der Waals surface area contributed by atoms with Gasteiger partial charge in [-0.3, -0.25) is 0 Å². The van der Waals surface area contributed by atoms with E-state index >= 15 is 0 Å². The topological polar surface area (TPSA) is 81.1 Å². The summed E-state index contributed by atoms with van der Waals surface area (Å²) in [6, 6.07) is 14.8. The first-order chi connectivity index (χ1) is 12.1. The number of fused-ring (bicyclic) bond motifs is 1. The molecule has 25 heavy (non-hydrogen) atoms. The Bertz CT molecular complexity index is 891. The fourth-order valence-corrected chi connectivity index (χ4v) is 3.39. The second kappa shape index (κ2) is 7.72. The number of thioether (sulfide) groups is 1. The van der Waals surface area contributed by atoms with Crippen molar-refractivity contribution in [3.63, 3.8) is 0 Å². The summed E-state index contributed by atoms with van der Waals surface area (Å²) in [6.07, 6.45) is 2.91. The predicted molar refractivity (Wildman–Crippen MR) is 102 cm³/mol. The molecule has 1 heterocycles. The van der Waals surface area contributed by atoms with Crippen LogP contribution in [0.1, 0.15) is 34.2 Å². The van der Waals surface area contributed by atoms with E-state index in [9.17, 15) is 9.90 Å². The highest BCUT2D eigenvalue weighted by atomic mass is 32.2. The van der Waals surface area contributed by atoms with Crippen molar-refractivity contribution >= 4 is 28.8 Å². The van der Waals surface area contributed by atoms with Gasteiger partial charge in [-0.25, -0.2) is 9.78 Å². The van der Waals surface area contributed by atoms with Gasteiger partial charge >= 0.3 is 5.97 Å². The van der Waals surface area contributed by atoms with Crippen LogP contribution in [0.2, 0.25) is 0 Å². The number of imidazole rings is 1. The highest BCUT2D eigenvalue weighted by Crippen LogP contribution is 2.24. The number of para-hydroxylation sites is 2. The molecule has 1 aromatic heterocycles. The largest absolute Gasteiger partial charge is 0.478 e. The first-order valence-corrected chi connectivity index (χ1v) is 9.51. The minimum atomic E-state index is -0.922. The SMILES string of the molecule is CSCCC(N)c1nc2ccccc2n1Cc1cccc(C(=O)O)c1. The second-order valence-corrected chi connectivity index (χ2v) is 6.92. The standard InChI is InChI=1S/C19H21N3O2S/c1-25-10-9-15(20)18-21-16-7-2-3-8-17(16)22(18)12-13-5-4-6-14(11-13)19(23)24/h2-8,11,15H,9-10,12,20H2,1H3,(H,23,24). The fourth-order valence-electron chi connectivity index (χ4n) is 2.90. The Hall–Kier alpha value is -2.31. The quantitative estimate of drug-likeness (QED) is 0.677. The lowest BCUT2D eigenvalue weighted by Crippen LogP contribution is -2.18. The number of nitrogens with two attached hydrogens (primary N) is 1. The fraction of sp³-hybridized carbons (Fsp3) is 0.263. The molecule has 0 radical (unpaired) electrons. The Morgan fingerprint density at radius 2 is 2.08 bits per heavy atom. The predicted octanol–water partition coefficient (Wildman–Crippen LogP) is 3.54. The van der Waals surface area contributed by atoms with E-state index in [1.54, 1.807) is 30.0 Å². The third-order valence-corrected chi connectivity index (χ3v) is 4.81. The average Bonchev–Trinajstić information content (AvgIpc) is 2.98. The maximum Gasteiger partial charge on any atom is 0.335 e. The highest BCUT2D eigenvalue weighted by molar-refractivity contribution is 7.98. The van der Waals surface area contributed by atoms with Gasteiger partial charge in [-0.15, -0.1) is 0 Å². The molecular weight excluding hydrogens is 334 g/mol. The van der Waals surface area contributed by atoms with E-state index in [0.29, 0.717) is 6.54 Å². The van der Waals surface area contributed by atoms with Crippen LogP contribution in [-0.2, 0) is 6.54 Å². The summed E-state index contributed by atoms with van der Waals surface area (Å²) in [5, 5.41) is 9.21. The van der Waals surface area contributed by atoms with Gasteiger partial charge in [-0.1, -0.05) is 24.3 Å². The Labute approximate surface area is 150 Å². The zero-order chi connectivity index (χ0) is 17.8. The molecule has 0 aliphatic carbocycles. The van der Waals surface area contributed by atoms with Crippen LogP contribution in [0.25, 0.3) is 11.0 Å². The Morgan fingerprint density at radius 3 is 2.84 bits per heavy atom. The lowest BCUT2D eigenvalue weighted by molar-refractivity contribution is 0.0696. The molecule has 2 aromatic carbocycles. The summed E-state index contributed by atoms with van der Waals surface area (Å²) >= 11 is 1.76. The first-order valence-electron chi connectivity index (χ1n) is 8.12. The van der Waals surface area contributed by atoms with Gasteiger partial charge in [0.15, 0.2) is 0 Å². The van der Waals surface area contributed by atoms with E-state index in [0.717, 1.165) is 34.6 Å². The lowest BCUT2D eigenvalue weighted by atomic mass is 10.1. The molecule has 0 fully saturated rings. The van der Waals surface area contributed by atoms with Crippen LogP contribution in [0.4, 0.5) is 0 Å². The molecular formula is C19H21N3O2S. The summed E-state index contributed by atoms with van der Waals surface area (Å²) in [5.74, 6) is 0.893. The van der Waals surface area contributed by atoms with Gasteiger partial charge < -0.3 is 15.4 Å². The molecule has 0 aliphatic heterocycles. The second-order valence-electron chi connectivity index (χ2n) is 5.94. The third kappa shape index (κ3) is 3.86. The zero-order valence-corrected chi connectivity index (χ0v) is 14.9. The van der Waals surface area contributed by atoms with Crippen molar-refractivity contribution in [2.45, 2.75) is 19.0 Å². The average molecular weight is 355 g/mol. The number of carboxylic acids is 1. The summed E-state index contributed by atoms with van der Waals surface area (Å²) < 4.78 is 2.10. The molecule has 1 atom stereocenters. The molecule has 0 saturated heterocycles. The van der Waals surface area contributed by atoms with Crippen molar-refractivity contribution < 1.29 is 9.90 Å². The van der Waals surface area contributed by atoms with Crippen LogP contribution in [0, 0.1) is 0 Å². The molecule has 0 amide bonds. The summed E-state index contributed by atoms with van der Waals surface area (Å²) in [5.41, 5.74) is 9.51. The number of aromatic carboxylic acids is 1. The van der Waals surface area contributed by atoms with E-state index in [4.69, 9.17) is 10.7 Å². The zero-order valence-electron chi connectivity index (χ0n) is 14.1. The van der Waals surface area contributed by atoms with E-state index in [-0.39, 0.29) is 11.6 Å². The summed E-state index contributed by atoms with van der Waals surface area (Å²) in [7, 11) is 0. The highest BCUT2D eigenvalue weighted by Gasteiger charge is 2.17. The molecule has 0 saturated carbocycles. The number of hydrogen-bond acceptors (Lipinski definition) is 4. The maximum atomic E-state index is 11.2. The molecule has 5 nitrogen and oxygen atoms in total. The van der Waals surface area contributed by atoms with E-state index < -0.39 is 5.97 Å². The smallest absolute Gasteiger partial charge is 0.335 e. The monoisotopic (exact) mass is 355 g/mol. The van der Waals surface area contributed by atoms with E-state index in [2.05, 4.69) is 10.8 Å². The number of hydrogen-bond donors (Lipinski definition) is 2. The lowest BCUT2D eigenvalue weighted by Gasteiger charge is -2.15. The normalized spacial score (nSPS) is 12.4. The van der Waals surface area contributed by atoms with Gasteiger partial charge in [0.25, 0.3) is 0 Å². The van der Waals surface area contributed by atoms with Crippen LogP contribution in [-0.4, -0.2) is 32.6 Å². The van der Waals surface area contributed by atoms with E-state index in [1.807, 2.05) is 30.3 Å². The Morgan fingerprint density at radius 1 is 1.28 bits per heavy atom. The van der Waals surface area contributed by atoms with Crippen LogP contribution in [0.3, 0.4) is 0 Å². The molecule has 3 N–H and O–H groups in total. The number of aromatic nitrogens is 2. The maximum absolute atomic E-state index is 11.2. The molecule has 0 bridgehead atoms. The van der Waals surface area contributed by atoms with Gasteiger partial charge in [0.2, 0.25) is 0 Å². The van der Waals surface area contributed by atoms with E-state index in [1.165, 1.54) is 0 Å². The van der Waals surface area contributed by atoms with Gasteiger partial charge in [-0.05, 0) is 48.3 Å². The van der Waals surface area contributed by atoms with Gasteiger partial charge in [0, 0.05) is 6.54 Å². The van der Waals surface area contributed by atoms with Crippen LogP contribution in [0.5, 0.6) is 0 Å². The van der Waals surface area contributed by atoms with Gasteiger partial charge in [0.1, 0.15) is 5.82 Å². The first kappa shape index (κ1) is 17.5. The van der Waals surface area contributed by atoms with Gasteiger partial charge in [0.05, 0.1) is 22.6 Å². The van der Waals surface area contributed by atoms with Crippen molar-refractivity contribution in [2.75, 3.05) is 12.0 Å². The van der Waals surface area contributed by atoms with Crippen molar-refractivity contribution in [3.8, 4) is 0 Å². The molecule has 6 heteroatoms. The summed E-state index contributed by atoms with van der Waals surface area (Å²) in [4.78, 5) is 16.0. The van der Waals surface area contributed by atoms with Crippen molar-refractivity contribution in [1.82, 2.24) is 9.55 Å². The minimum absolute atomic E-state index is 0.150. The number of rotatable bonds is 7.